The lowest BCUT2D eigenvalue weighted by Gasteiger charge is -2.14. The highest BCUT2D eigenvalue weighted by Gasteiger charge is 2.21. The van der Waals surface area contributed by atoms with E-state index >= 15 is 0 Å². The van der Waals surface area contributed by atoms with Crippen LogP contribution in [0, 0.1) is 6.92 Å². The molecule has 7 heteroatoms. The van der Waals surface area contributed by atoms with Crippen LogP contribution in [0.2, 0.25) is 0 Å². The maximum absolute atomic E-state index is 12.3. The van der Waals surface area contributed by atoms with Crippen LogP contribution in [0.15, 0.2) is 28.5 Å². The number of benzene rings is 1. The normalized spacial score (nSPS) is 12.4. The quantitative estimate of drug-likeness (QED) is 0.849. The number of hydrogen-bond donors (Lipinski definition) is 2. The van der Waals surface area contributed by atoms with Gasteiger partial charge in [0.05, 0.1) is 10.6 Å². The van der Waals surface area contributed by atoms with Gasteiger partial charge in [0.25, 0.3) is 10.0 Å². The zero-order valence-corrected chi connectivity index (χ0v) is 14.1. The van der Waals surface area contributed by atoms with Crippen LogP contribution in [-0.2, 0) is 15.4 Å². The van der Waals surface area contributed by atoms with Gasteiger partial charge >= 0.3 is 0 Å². The van der Waals surface area contributed by atoms with Crippen molar-refractivity contribution in [1.82, 2.24) is 4.98 Å². The molecule has 0 unspecified atom stereocenters. The second-order valence-corrected chi connectivity index (χ2v) is 8.45. The fourth-order valence-electron chi connectivity index (χ4n) is 1.65. The minimum atomic E-state index is -3.64. The molecule has 2 rings (SSSR count). The van der Waals surface area contributed by atoms with Crippen LogP contribution in [0.25, 0.3) is 0 Å². The summed E-state index contributed by atoms with van der Waals surface area (Å²) in [7, 11) is -3.64. The van der Waals surface area contributed by atoms with Gasteiger partial charge in [-0.15, -0.1) is 11.3 Å². The van der Waals surface area contributed by atoms with E-state index in [0.717, 1.165) is 11.3 Å². The molecule has 0 atom stereocenters. The van der Waals surface area contributed by atoms with Gasteiger partial charge in [0, 0.05) is 16.5 Å². The Bertz CT molecular complexity index is 759. The second-order valence-electron chi connectivity index (χ2n) is 5.91. The van der Waals surface area contributed by atoms with E-state index in [1.807, 2.05) is 26.2 Å². The van der Waals surface area contributed by atoms with E-state index in [4.69, 9.17) is 5.73 Å². The number of thiazole rings is 1. The molecule has 21 heavy (non-hydrogen) atoms. The number of nitrogen functional groups attached to an aromatic ring is 1. The van der Waals surface area contributed by atoms with Gasteiger partial charge in [-0.3, -0.25) is 4.72 Å². The molecular weight excluding hydrogens is 306 g/mol. The van der Waals surface area contributed by atoms with Gasteiger partial charge in [-0.25, -0.2) is 13.4 Å². The molecule has 1 aromatic carbocycles. The third-order valence-electron chi connectivity index (χ3n) is 3.05. The molecule has 2 aromatic rings. The number of rotatable bonds is 3. The number of anilines is 2. The molecule has 0 aliphatic carbocycles. The lowest BCUT2D eigenvalue weighted by Crippen LogP contribution is -2.15. The fraction of sp³-hybridized carbons (Fsp3) is 0.357. The average molecular weight is 325 g/mol. The lowest BCUT2D eigenvalue weighted by molar-refractivity contribution is 0.573. The highest BCUT2D eigenvalue weighted by Crippen LogP contribution is 2.28. The van der Waals surface area contributed by atoms with E-state index in [2.05, 4.69) is 9.71 Å². The number of aryl methyl sites for hydroxylation is 1. The maximum Gasteiger partial charge on any atom is 0.263 e. The summed E-state index contributed by atoms with van der Waals surface area (Å²) < 4.78 is 27.2. The minimum Gasteiger partial charge on any atom is -0.399 e. The van der Waals surface area contributed by atoms with Crippen LogP contribution in [0.5, 0.6) is 0 Å². The van der Waals surface area contributed by atoms with Crippen molar-refractivity contribution in [2.75, 3.05) is 10.5 Å². The first-order valence-corrected chi connectivity index (χ1v) is 8.81. The van der Waals surface area contributed by atoms with E-state index in [1.54, 1.807) is 19.1 Å². The molecule has 1 aromatic heterocycles. The first-order chi connectivity index (χ1) is 9.59. The number of nitrogens with two attached hydrogens (primary N) is 1. The van der Waals surface area contributed by atoms with Crippen LogP contribution in [0.3, 0.4) is 0 Å². The summed E-state index contributed by atoms with van der Waals surface area (Å²) in [5, 5.41) is 2.24. The van der Waals surface area contributed by atoms with Crippen LogP contribution in [0.4, 0.5) is 10.8 Å². The Labute approximate surface area is 129 Å². The Balaban J connectivity index is 2.29. The summed E-state index contributed by atoms with van der Waals surface area (Å²) in [5.41, 5.74) is 7.75. The van der Waals surface area contributed by atoms with Gasteiger partial charge in [0.2, 0.25) is 0 Å². The third-order valence-corrected chi connectivity index (χ3v) is 5.27. The van der Waals surface area contributed by atoms with E-state index in [9.17, 15) is 8.42 Å². The molecule has 0 aliphatic rings. The van der Waals surface area contributed by atoms with E-state index in [-0.39, 0.29) is 10.3 Å². The number of hydrogen-bond acceptors (Lipinski definition) is 5. The molecule has 0 saturated heterocycles. The van der Waals surface area contributed by atoms with Crippen LogP contribution >= 0.6 is 11.3 Å². The van der Waals surface area contributed by atoms with Crippen molar-refractivity contribution in [1.29, 1.82) is 0 Å². The van der Waals surface area contributed by atoms with Gasteiger partial charge < -0.3 is 5.73 Å². The molecule has 0 spiro atoms. The van der Waals surface area contributed by atoms with Crippen molar-refractivity contribution in [3.8, 4) is 0 Å². The second kappa shape index (κ2) is 5.31. The number of nitrogens with one attached hydrogen (secondary N) is 1. The SMILES string of the molecule is Cc1cc(S(=O)(=O)Nc2nc(C(C)(C)C)cs2)ccc1N. The predicted molar refractivity (Wildman–Crippen MR) is 87.2 cm³/mol. The highest BCUT2D eigenvalue weighted by molar-refractivity contribution is 7.93. The molecule has 5 nitrogen and oxygen atoms in total. The smallest absolute Gasteiger partial charge is 0.263 e. The third kappa shape index (κ3) is 3.54. The molecule has 0 bridgehead atoms. The first-order valence-electron chi connectivity index (χ1n) is 6.44. The van der Waals surface area contributed by atoms with Gasteiger partial charge in [0.1, 0.15) is 0 Å². The summed E-state index contributed by atoms with van der Waals surface area (Å²) in [4.78, 5) is 4.52. The van der Waals surface area contributed by atoms with Crippen LogP contribution in [0.1, 0.15) is 32.0 Å². The topological polar surface area (TPSA) is 85.1 Å². The van der Waals surface area contributed by atoms with Crippen molar-refractivity contribution >= 4 is 32.2 Å². The molecule has 3 N–H and O–H groups in total. The number of sulfonamides is 1. The summed E-state index contributed by atoms with van der Waals surface area (Å²) in [6.45, 7) is 7.87. The van der Waals surface area contributed by atoms with Crippen molar-refractivity contribution in [2.45, 2.75) is 38.0 Å². The molecule has 1 heterocycles. The van der Waals surface area contributed by atoms with Crippen LogP contribution < -0.4 is 10.5 Å². The largest absolute Gasteiger partial charge is 0.399 e. The predicted octanol–water partition coefficient (Wildman–Crippen LogP) is 3.13. The minimum absolute atomic E-state index is 0.113. The summed E-state index contributed by atoms with van der Waals surface area (Å²) in [5.74, 6) is 0. The Morgan fingerprint density at radius 2 is 1.95 bits per heavy atom. The zero-order valence-electron chi connectivity index (χ0n) is 12.5. The molecular formula is C14H19N3O2S2. The van der Waals surface area contributed by atoms with Crippen molar-refractivity contribution < 1.29 is 8.42 Å². The van der Waals surface area contributed by atoms with E-state index in [0.29, 0.717) is 10.8 Å². The van der Waals surface area contributed by atoms with Crippen molar-refractivity contribution in [2.24, 2.45) is 0 Å². The van der Waals surface area contributed by atoms with Gasteiger partial charge in [-0.05, 0) is 30.7 Å². The Hall–Kier alpha value is -1.60. The number of nitrogens with zero attached hydrogens (tertiary/aromatic N) is 1. The Morgan fingerprint density at radius 1 is 1.29 bits per heavy atom. The van der Waals surface area contributed by atoms with Crippen molar-refractivity contribution in [3.05, 3.63) is 34.8 Å². The van der Waals surface area contributed by atoms with Gasteiger partial charge in [0.15, 0.2) is 5.13 Å². The lowest BCUT2D eigenvalue weighted by atomic mass is 9.93. The first kappa shape index (κ1) is 15.8. The van der Waals surface area contributed by atoms with Crippen molar-refractivity contribution in [3.63, 3.8) is 0 Å². The van der Waals surface area contributed by atoms with E-state index in [1.165, 1.54) is 17.4 Å². The van der Waals surface area contributed by atoms with Crippen LogP contribution in [-0.4, -0.2) is 13.4 Å². The summed E-state index contributed by atoms with van der Waals surface area (Å²) in [6, 6.07) is 4.63. The van der Waals surface area contributed by atoms with E-state index < -0.39 is 10.0 Å². The highest BCUT2D eigenvalue weighted by atomic mass is 32.2. The zero-order chi connectivity index (χ0) is 15.8. The maximum atomic E-state index is 12.3. The van der Waals surface area contributed by atoms with Gasteiger partial charge in [-0.1, -0.05) is 20.8 Å². The monoisotopic (exact) mass is 325 g/mol. The molecule has 0 fully saturated rings. The Morgan fingerprint density at radius 3 is 2.48 bits per heavy atom. The summed E-state index contributed by atoms with van der Waals surface area (Å²) in [6.07, 6.45) is 0. The molecule has 0 saturated carbocycles. The average Bonchev–Trinajstić information content (AvgIpc) is 2.80. The molecule has 0 radical (unpaired) electrons. The summed E-state index contributed by atoms with van der Waals surface area (Å²) >= 11 is 1.28. The number of aromatic nitrogens is 1. The molecule has 114 valence electrons. The molecule has 0 amide bonds. The standard InChI is InChI=1S/C14H19N3O2S2/c1-9-7-10(5-6-11(9)15)21(18,19)17-13-16-12(8-20-13)14(2,3)4/h5-8H,15H2,1-4H3,(H,16,17). The fourth-order valence-corrected chi connectivity index (χ4v) is 3.93. The molecule has 0 aliphatic heterocycles. The Kier molecular flexibility index (Phi) is 3.99. The van der Waals surface area contributed by atoms with Gasteiger partial charge in [-0.2, -0.15) is 0 Å².